The van der Waals surface area contributed by atoms with Crippen molar-refractivity contribution in [1.82, 2.24) is 4.90 Å². The molecule has 1 heterocycles. The third-order valence-electron chi connectivity index (χ3n) is 1.43. The van der Waals surface area contributed by atoms with Crippen molar-refractivity contribution in [3.05, 3.63) is 0 Å². The van der Waals surface area contributed by atoms with Gasteiger partial charge in [-0.1, -0.05) is 0 Å². The van der Waals surface area contributed by atoms with Crippen LogP contribution in [0.15, 0.2) is 0 Å². The van der Waals surface area contributed by atoms with E-state index >= 15 is 0 Å². The van der Waals surface area contributed by atoms with Gasteiger partial charge in [0.15, 0.2) is 6.30 Å². The maximum Gasteiger partial charge on any atom is 0.153 e. The zero-order chi connectivity index (χ0) is 5.28. The Hall–Kier alpha value is -0.110. The maximum absolute atomic E-state index is 12.2. The molecular formula is C5H10FN. The summed E-state index contributed by atoms with van der Waals surface area (Å²) in [5.41, 5.74) is 0. The van der Waals surface area contributed by atoms with Crippen molar-refractivity contribution in [3.8, 4) is 0 Å². The second-order valence-corrected chi connectivity index (χ2v) is 2.06. The number of alkyl halides is 1. The molecule has 0 N–H and O–H groups in total. The molecule has 0 aromatic rings. The number of likely N-dealkylation sites (tertiary alicyclic amines) is 1. The van der Waals surface area contributed by atoms with Gasteiger partial charge in [-0.3, -0.25) is 4.90 Å². The molecule has 0 amide bonds. The monoisotopic (exact) mass is 103 g/mol. The molecule has 1 unspecified atom stereocenters. The summed E-state index contributed by atoms with van der Waals surface area (Å²) in [4.78, 5) is 1.74. The average molecular weight is 103 g/mol. The van der Waals surface area contributed by atoms with Crippen LogP contribution in [0, 0.1) is 0 Å². The molecule has 1 rings (SSSR count). The Morgan fingerprint density at radius 3 is 2.57 bits per heavy atom. The Morgan fingerprint density at radius 1 is 1.71 bits per heavy atom. The first-order valence-electron chi connectivity index (χ1n) is 2.65. The third kappa shape index (κ3) is 0.911. The van der Waals surface area contributed by atoms with Gasteiger partial charge in [0.2, 0.25) is 0 Å². The zero-order valence-electron chi connectivity index (χ0n) is 4.52. The Labute approximate surface area is 43.1 Å². The fraction of sp³-hybridized carbons (Fsp3) is 1.00. The van der Waals surface area contributed by atoms with Gasteiger partial charge in [-0.05, 0) is 19.9 Å². The quantitative estimate of drug-likeness (QED) is 0.413. The van der Waals surface area contributed by atoms with Crippen LogP contribution in [0.4, 0.5) is 4.39 Å². The summed E-state index contributed by atoms with van der Waals surface area (Å²) in [6, 6.07) is 0. The molecule has 1 nitrogen and oxygen atoms in total. The average Bonchev–Trinajstić information content (AvgIpc) is 1.91. The molecule has 0 bridgehead atoms. The smallest absolute Gasteiger partial charge is 0.153 e. The van der Waals surface area contributed by atoms with E-state index in [0.29, 0.717) is 0 Å². The van der Waals surface area contributed by atoms with Gasteiger partial charge in [0.05, 0.1) is 0 Å². The minimum Gasteiger partial charge on any atom is -0.277 e. The van der Waals surface area contributed by atoms with Gasteiger partial charge >= 0.3 is 0 Å². The minimum absolute atomic E-state index is 0.653. The number of rotatable bonds is 0. The molecule has 1 aliphatic heterocycles. The number of hydrogen-bond donors (Lipinski definition) is 0. The highest BCUT2D eigenvalue weighted by Crippen LogP contribution is 2.14. The minimum atomic E-state index is -0.653. The molecule has 0 aromatic carbocycles. The molecule has 1 fully saturated rings. The summed E-state index contributed by atoms with van der Waals surface area (Å²) in [6.45, 7) is 0.932. The van der Waals surface area contributed by atoms with E-state index in [9.17, 15) is 4.39 Å². The SMILES string of the molecule is CN1CCCC1F. The van der Waals surface area contributed by atoms with Crippen LogP contribution in [0.2, 0.25) is 0 Å². The van der Waals surface area contributed by atoms with Crippen molar-refractivity contribution >= 4 is 0 Å². The standard InChI is InChI=1S/C5H10FN/c1-7-4-2-3-5(7)6/h5H,2-4H2,1H3. The van der Waals surface area contributed by atoms with Gasteiger partial charge in [0.25, 0.3) is 0 Å². The maximum atomic E-state index is 12.2. The molecule has 7 heavy (non-hydrogen) atoms. The van der Waals surface area contributed by atoms with Gasteiger partial charge in [0, 0.05) is 6.54 Å². The van der Waals surface area contributed by atoms with E-state index in [4.69, 9.17) is 0 Å². The lowest BCUT2D eigenvalue weighted by Gasteiger charge is -2.08. The highest BCUT2D eigenvalue weighted by Gasteiger charge is 2.18. The largest absolute Gasteiger partial charge is 0.277 e. The molecule has 1 saturated heterocycles. The topological polar surface area (TPSA) is 3.24 Å². The first-order valence-corrected chi connectivity index (χ1v) is 2.65. The number of halogens is 1. The Kier molecular flexibility index (Phi) is 1.28. The molecule has 1 aliphatic rings. The first-order chi connectivity index (χ1) is 3.30. The summed E-state index contributed by atoms with van der Waals surface area (Å²) in [5, 5.41) is 0. The fourth-order valence-corrected chi connectivity index (χ4v) is 0.870. The van der Waals surface area contributed by atoms with Crippen LogP contribution in [-0.2, 0) is 0 Å². The fourth-order valence-electron chi connectivity index (χ4n) is 0.870. The van der Waals surface area contributed by atoms with E-state index in [1.54, 1.807) is 4.90 Å². The number of nitrogens with zero attached hydrogens (tertiary/aromatic N) is 1. The second-order valence-electron chi connectivity index (χ2n) is 2.06. The Bertz CT molecular complexity index is 57.1. The Morgan fingerprint density at radius 2 is 2.43 bits per heavy atom. The van der Waals surface area contributed by atoms with E-state index in [2.05, 4.69) is 0 Å². The molecule has 0 saturated carbocycles. The number of hydrogen-bond acceptors (Lipinski definition) is 1. The van der Waals surface area contributed by atoms with Gasteiger partial charge in [-0.2, -0.15) is 0 Å². The van der Waals surface area contributed by atoms with E-state index in [0.717, 1.165) is 19.4 Å². The highest BCUT2D eigenvalue weighted by molar-refractivity contribution is 4.65. The van der Waals surface area contributed by atoms with Crippen molar-refractivity contribution in [2.24, 2.45) is 0 Å². The van der Waals surface area contributed by atoms with Gasteiger partial charge < -0.3 is 0 Å². The van der Waals surface area contributed by atoms with Crippen LogP contribution >= 0.6 is 0 Å². The van der Waals surface area contributed by atoms with Crippen molar-refractivity contribution in [2.45, 2.75) is 19.1 Å². The van der Waals surface area contributed by atoms with E-state index in [1.165, 1.54) is 0 Å². The van der Waals surface area contributed by atoms with Crippen LogP contribution in [-0.4, -0.2) is 24.8 Å². The van der Waals surface area contributed by atoms with Crippen LogP contribution in [0.1, 0.15) is 12.8 Å². The second kappa shape index (κ2) is 1.78. The molecule has 0 aliphatic carbocycles. The summed E-state index contributed by atoms with van der Waals surface area (Å²) >= 11 is 0. The van der Waals surface area contributed by atoms with Gasteiger partial charge in [-0.25, -0.2) is 4.39 Å². The summed E-state index contributed by atoms with van der Waals surface area (Å²) < 4.78 is 12.2. The zero-order valence-corrected chi connectivity index (χ0v) is 4.52. The molecular weight excluding hydrogens is 93.1 g/mol. The summed E-state index contributed by atoms with van der Waals surface area (Å²) in [6.07, 6.45) is 1.11. The van der Waals surface area contributed by atoms with E-state index in [1.807, 2.05) is 7.05 Å². The molecule has 2 heteroatoms. The lowest BCUT2D eigenvalue weighted by atomic mass is 10.4. The normalized spacial score (nSPS) is 34.3. The van der Waals surface area contributed by atoms with Crippen LogP contribution in [0.25, 0.3) is 0 Å². The molecule has 1 atom stereocenters. The van der Waals surface area contributed by atoms with Crippen LogP contribution in [0.5, 0.6) is 0 Å². The first kappa shape index (κ1) is 5.04. The lowest BCUT2D eigenvalue weighted by molar-refractivity contribution is 0.158. The van der Waals surface area contributed by atoms with Crippen molar-refractivity contribution < 1.29 is 4.39 Å². The molecule has 0 radical (unpaired) electrons. The summed E-state index contributed by atoms with van der Waals surface area (Å²) in [7, 11) is 1.82. The molecule has 42 valence electrons. The van der Waals surface area contributed by atoms with E-state index < -0.39 is 6.30 Å². The van der Waals surface area contributed by atoms with E-state index in [-0.39, 0.29) is 0 Å². The lowest BCUT2D eigenvalue weighted by Crippen LogP contribution is -2.19. The van der Waals surface area contributed by atoms with Gasteiger partial charge in [-0.15, -0.1) is 0 Å². The van der Waals surface area contributed by atoms with Crippen molar-refractivity contribution in [1.29, 1.82) is 0 Å². The summed E-state index contributed by atoms with van der Waals surface area (Å²) in [5.74, 6) is 0. The predicted molar refractivity (Wildman–Crippen MR) is 26.8 cm³/mol. The molecule has 0 spiro atoms. The van der Waals surface area contributed by atoms with Crippen LogP contribution in [0.3, 0.4) is 0 Å². The highest BCUT2D eigenvalue weighted by atomic mass is 19.1. The van der Waals surface area contributed by atoms with Crippen LogP contribution < -0.4 is 0 Å². The Balaban J connectivity index is 2.33. The third-order valence-corrected chi connectivity index (χ3v) is 1.43. The van der Waals surface area contributed by atoms with Crippen molar-refractivity contribution in [2.75, 3.05) is 13.6 Å². The molecule has 0 aromatic heterocycles. The van der Waals surface area contributed by atoms with Crippen molar-refractivity contribution in [3.63, 3.8) is 0 Å². The van der Waals surface area contributed by atoms with Gasteiger partial charge in [0.1, 0.15) is 0 Å². The predicted octanol–water partition coefficient (Wildman–Crippen LogP) is 1.01.